The number of benzene rings is 3. The quantitative estimate of drug-likeness (QED) is 0.361. The van der Waals surface area contributed by atoms with Crippen molar-refractivity contribution in [2.24, 2.45) is 0 Å². The number of carbonyl (C=O) groups excluding carboxylic acids is 2. The first-order chi connectivity index (χ1) is 19.1. The van der Waals surface area contributed by atoms with Gasteiger partial charge in [0.05, 0.1) is 10.6 Å². The molecule has 7 nitrogen and oxygen atoms in total. The van der Waals surface area contributed by atoms with Gasteiger partial charge in [0.2, 0.25) is 11.8 Å². The van der Waals surface area contributed by atoms with Crippen molar-refractivity contribution in [1.29, 1.82) is 0 Å². The first-order valence-corrected chi connectivity index (χ1v) is 15.4. The maximum Gasteiger partial charge on any atom is 0.264 e. The number of anilines is 1. The van der Waals surface area contributed by atoms with Crippen molar-refractivity contribution in [1.82, 2.24) is 10.2 Å². The minimum atomic E-state index is -4.06. The minimum Gasteiger partial charge on any atom is -0.352 e. The largest absolute Gasteiger partial charge is 0.352 e. The molecule has 0 spiro atoms. The number of nitrogens with one attached hydrogen (secondary N) is 1. The molecule has 1 fully saturated rings. The Bertz CT molecular complexity index is 1400. The Morgan fingerprint density at radius 2 is 1.55 bits per heavy atom. The summed E-state index contributed by atoms with van der Waals surface area (Å²) in [5.41, 5.74) is 3.23. The molecular weight excluding hydrogens is 522 g/mol. The van der Waals surface area contributed by atoms with Crippen LogP contribution in [0.4, 0.5) is 5.69 Å². The Labute approximate surface area is 238 Å². The molecule has 0 aliphatic heterocycles. The summed E-state index contributed by atoms with van der Waals surface area (Å²) < 4.78 is 28.8. The van der Waals surface area contributed by atoms with E-state index in [-0.39, 0.29) is 23.4 Å². The molecule has 0 saturated heterocycles. The van der Waals surface area contributed by atoms with Crippen LogP contribution >= 0.6 is 0 Å². The predicted octanol–water partition coefficient (Wildman–Crippen LogP) is 5.36. The first-order valence-electron chi connectivity index (χ1n) is 13.9. The Balaban J connectivity index is 1.65. The second-order valence-corrected chi connectivity index (χ2v) is 12.6. The summed E-state index contributed by atoms with van der Waals surface area (Å²) in [7, 11) is -4.06. The lowest BCUT2D eigenvalue weighted by Crippen LogP contribution is -2.53. The lowest BCUT2D eigenvalue weighted by atomic mass is 9.95. The van der Waals surface area contributed by atoms with Crippen LogP contribution in [-0.4, -0.2) is 43.8 Å². The van der Waals surface area contributed by atoms with Gasteiger partial charge in [0.15, 0.2) is 0 Å². The van der Waals surface area contributed by atoms with Crippen LogP contribution in [0, 0.1) is 13.8 Å². The molecule has 1 saturated carbocycles. The second-order valence-electron chi connectivity index (χ2n) is 10.7. The molecule has 40 heavy (non-hydrogen) atoms. The van der Waals surface area contributed by atoms with E-state index in [9.17, 15) is 18.0 Å². The third-order valence-corrected chi connectivity index (χ3v) is 9.27. The zero-order valence-corrected chi connectivity index (χ0v) is 24.4. The molecular formula is C32H39N3O4S. The number of amides is 2. The highest BCUT2D eigenvalue weighted by atomic mass is 32.2. The fourth-order valence-electron chi connectivity index (χ4n) is 5.12. The highest BCUT2D eigenvalue weighted by molar-refractivity contribution is 7.92. The summed E-state index contributed by atoms with van der Waals surface area (Å²) >= 11 is 0. The lowest BCUT2D eigenvalue weighted by molar-refractivity contribution is -0.139. The maximum atomic E-state index is 14.0. The van der Waals surface area contributed by atoms with E-state index in [1.54, 1.807) is 61.5 Å². The molecule has 1 unspecified atom stereocenters. The number of para-hydroxylation sites is 1. The topological polar surface area (TPSA) is 86.8 Å². The number of aryl methyl sites for hydroxylation is 2. The van der Waals surface area contributed by atoms with Crippen LogP contribution in [0.3, 0.4) is 0 Å². The van der Waals surface area contributed by atoms with Gasteiger partial charge in [-0.1, -0.05) is 85.0 Å². The van der Waals surface area contributed by atoms with Gasteiger partial charge < -0.3 is 10.2 Å². The van der Waals surface area contributed by atoms with Crippen LogP contribution in [0.1, 0.15) is 55.7 Å². The Morgan fingerprint density at radius 3 is 2.20 bits per heavy atom. The summed E-state index contributed by atoms with van der Waals surface area (Å²) in [5, 5.41) is 3.13. The van der Waals surface area contributed by atoms with Crippen LogP contribution in [0.15, 0.2) is 83.8 Å². The number of hydrogen-bond acceptors (Lipinski definition) is 4. The lowest BCUT2D eigenvalue weighted by Gasteiger charge is -2.33. The number of nitrogens with zero attached hydrogens (tertiary/aromatic N) is 2. The van der Waals surface area contributed by atoms with Crippen LogP contribution in [0.2, 0.25) is 0 Å². The van der Waals surface area contributed by atoms with Crippen molar-refractivity contribution in [3.63, 3.8) is 0 Å². The first kappa shape index (κ1) is 29.3. The zero-order valence-electron chi connectivity index (χ0n) is 23.5. The smallest absolute Gasteiger partial charge is 0.264 e. The van der Waals surface area contributed by atoms with Gasteiger partial charge in [-0.2, -0.15) is 0 Å². The molecule has 0 bridgehead atoms. The third-order valence-electron chi connectivity index (χ3n) is 7.49. The molecule has 212 valence electrons. The minimum absolute atomic E-state index is 0.0994. The maximum absolute atomic E-state index is 14.0. The van der Waals surface area contributed by atoms with Crippen molar-refractivity contribution < 1.29 is 18.0 Å². The molecule has 2 amide bonds. The second kappa shape index (κ2) is 13.1. The molecule has 1 atom stereocenters. The number of hydrogen-bond donors (Lipinski definition) is 1. The van der Waals surface area contributed by atoms with Crippen molar-refractivity contribution >= 4 is 27.5 Å². The fourth-order valence-corrected chi connectivity index (χ4v) is 6.53. The summed E-state index contributed by atoms with van der Waals surface area (Å²) in [6.07, 6.45) is 5.19. The predicted molar refractivity (Wildman–Crippen MR) is 158 cm³/mol. The van der Waals surface area contributed by atoms with Gasteiger partial charge in [0.25, 0.3) is 10.0 Å². The van der Waals surface area contributed by atoms with Gasteiger partial charge in [-0.05, 0) is 63.4 Å². The average Bonchev–Trinajstić information content (AvgIpc) is 2.95. The summed E-state index contributed by atoms with van der Waals surface area (Å²) in [4.78, 5) is 29.0. The third kappa shape index (κ3) is 7.30. The highest BCUT2D eigenvalue weighted by Gasteiger charge is 2.33. The van der Waals surface area contributed by atoms with E-state index in [0.29, 0.717) is 5.69 Å². The van der Waals surface area contributed by atoms with Crippen LogP contribution < -0.4 is 9.62 Å². The van der Waals surface area contributed by atoms with E-state index in [2.05, 4.69) is 5.32 Å². The molecule has 0 heterocycles. The van der Waals surface area contributed by atoms with Crippen molar-refractivity contribution in [2.45, 2.75) is 76.4 Å². The molecule has 3 aromatic rings. The molecule has 4 rings (SSSR count). The van der Waals surface area contributed by atoms with Crippen molar-refractivity contribution in [3.8, 4) is 0 Å². The van der Waals surface area contributed by atoms with E-state index in [0.717, 1.165) is 46.7 Å². The number of sulfonamides is 1. The average molecular weight is 562 g/mol. The standard InChI is InChI=1S/C32H39N3O4S/c1-24-17-19-30(20-18-24)40(38,39)35(29-15-8-5-9-16-29)23-31(36)34(22-27-12-10-11-25(2)21-27)26(3)32(37)33-28-13-6-4-7-14-28/h5,8-12,15-21,26,28H,4,6-7,13-14,22-23H2,1-3H3,(H,33,37). The van der Waals surface area contributed by atoms with Gasteiger partial charge in [-0.25, -0.2) is 8.42 Å². The van der Waals surface area contributed by atoms with Gasteiger partial charge in [0.1, 0.15) is 12.6 Å². The Hall–Kier alpha value is -3.65. The van der Waals surface area contributed by atoms with E-state index in [4.69, 9.17) is 0 Å². The fraction of sp³-hybridized carbons (Fsp3) is 0.375. The Kier molecular flexibility index (Phi) is 9.63. The van der Waals surface area contributed by atoms with Gasteiger partial charge in [0, 0.05) is 12.6 Å². The molecule has 1 aliphatic rings. The van der Waals surface area contributed by atoms with Crippen LogP contribution in [-0.2, 0) is 26.2 Å². The monoisotopic (exact) mass is 561 g/mol. The SMILES string of the molecule is Cc1ccc(S(=O)(=O)N(CC(=O)N(Cc2cccc(C)c2)C(C)C(=O)NC2CCCCC2)c2ccccc2)cc1. The number of rotatable bonds is 10. The molecule has 1 aliphatic carbocycles. The van der Waals surface area contributed by atoms with E-state index in [1.165, 1.54) is 11.3 Å². The molecule has 1 N–H and O–H groups in total. The summed E-state index contributed by atoms with van der Waals surface area (Å²) in [5.74, 6) is -0.673. The van der Waals surface area contributed by atoms with Gasteiger partial charge in [-0.3, -0.25) is 13.9 Å². The molecule has 8 heteroatoms. The van der Waals surface area contributed by atoms with Crippen LogP contribution in [0.5, 0.6) is 0 Å². The molecule has 0 aromatic heterocycles. The van der Waals surface area contributed by atoms with Gasteiger partial charge >= 0.3 is 0 Å². The van der Waals surface area contributed by atoms with Gasteiger partial charge in [-0.15, -0.1) is 0 Å². The van der Waals surface area contributed by atoms with E-state index < -0.39 is 28.5 Å². The van der Waals surface area contributed by atoms with Crippen LogP contribution in [0.25, 0.3) is 0 Å². The number of carbonyl (C=O) groups is 2. The van der Waals surface area contributed by atoms with Crippen molar-refractivity contribution in [3.05, 3.63) is 95.6 Å². The van der Waals surface area contributed by atoms with E-state index >= 15 is 0 Å². The highest BCUT2D eigenvalue weighted by Crippen LogP contribution is 2.25. The summed E-state index contributed by atoms with van der Waals surface area (Å²) in [6, 6.07) is 22.3. The Morgan fingerprint density at radius 1 is 0.875 bits per heavy atom. The zero-order chi connectivity index (χ0) is 28.7. The summed E-state index contributed by atoms with van der Waals surface area (Å²) in [6.45, 7) is 5.32. The molecule has 3 aromatic carbocycles. The van der Waals surface area contributed by atoms with Crippen molar-refractivity contribution in [2.75, 3.05) is 10.8 Å². The van der Waals surface area contributed by atoms with E-state index in [1.807, 2.05) is 38.1 Å². The molecule has 0 radical (unpaired) electrons. The normalized spacial score (nSPS) is 14.8.